The van der Waals surface area contributed by atoms with Crippen LogP contribution in [-0.2, 0) is 16.1 Å². The maximum atomic E-state index is 12.4. The molecule has 1 aromatic rings. The van der Waals surface area contributed by atoms with Crippen LogP contribution >= 0.6 is 0 Å². The van der Waals surface area contributed by atoms with E-state index in [4.69, 9.17) is 0 Å². The first-order valence-electron chi connectivity index (χ1n) is 6.59. The number of amides is 2. The second-order valence-corrected chi connectivity index (χ2v) is 4.98. The van der Waals surface area contributed by atoms with Crippen LogP contribution in [0.2, 0.25) is 0 Å². The van der Waals surface area contributed by atoms with E-state index in [0.29, 0.717) is 6.54 Å². The summed E-state index contributed by atoms with van der Waals surface area (Å²) in [5.41, 5.74) is 0.987. The third kappa shape index (κ3) is 3.10. The summed E-state index contributed by atoms with van der Waals surface area (Å²) in [4.78, 5) is 29.7. The lowest BCUT2D eigenvalue weighted by Crippen LogP contribution is -2.59. The molecule has 2 atom stereocenters. The van der Waals surface area contributed by atoms with Gasteiger partial charge in [-0.25, -0.2) is 0 Å². The number of aromatic nitrogens is 1. The Morgan fingerprint density at radius 1 is 1.42 bits per heavy atom. The van der Waals surface area contributed by atoms with Gasteiger partial charge in [-0.2, -0.15) is 0 Å². The van der Waals surface area contributed by atoms with Gasteiger partial charge < -0.3 is 10.2 Å². The zero-order valence-corrected chi connectivity index (χ0v) is 11.3. The molecule has 102 valence electrons. The monoisotopic (exact) mass is 261 g/mol. The average molecular weight is 261 g/mol. The van der Waals surface area contributed by atoms with Gasteiger partial charge in [0.05, 0.1) is 6.54 Å². The highest BCUT2D eigenvalue weighted by Crippen LogP contribution is 2.16. The Morgan fingerprint density at radius 2 is 2.11 bits per heavy atom. The van der Waals surface area contributed by atoms with E-state index in [0.717, 1.165) is 12.0 Å². The number of hydrogen-bond acceptors (Lipinski definition) is 3. The van der Waals surface area contributed by atoms with Crippen LogP contribution in [-0.4, -0.2) is 34.3 Å². The SMILES string of the molecule is CCC(C)C1NC(=O)CN(Cc2ccncc2)C1=O. The fourth-order valence-corrected chi connectivity index (χ4v) is 2.19. The molecule has 0 saturated carbocycles. The number of hydrogen-bond donors (Lipinski definition) is 1. The third-order valence-corrected chi connectivity index (χ3v) is 3.56. The number of pyridine rings is 1. The van der Waals surface area contributed by atoms with Crippen LogP contribution in [0.15, 0.2) is 24.5 Å². The van der Waals surface area contributed by atoms with Crippen molar-refractivity contribution < 1.29 is 9.59 Å². The Kier molecular flexibility index (Phi) is 4.14. The van der Waals surface area contributed by atoms with Crippen molar-refractivity contribution in [2.24, 2.45) is 5.92 Å². The zero-order chi connectivity index (χ0) is 13.8. The molecule has 1 aliphatic rings. The molecular weight excluding hydrogens is 242 g/mol. The zero-order valence-electron chi connectivity index (χ0n) is 11.3. The fourth-order valence-electron chi connectivity index (χ4n) is 2.19. The van der Waals surface area contributed by atoms with Gasteiger partial charge in [-0.3, -0.25) is 14.6 Å². The minimum absolute atomic E-state index is 0.00534. The van der Waals surface area contributed by atoms with Crippen LogP contribution in [0.25, 0.3) is 0 Å². The summed E-state index contributed by atoms with van der Waals surface area (Å²) in [5, 5.41) is 2.79. The molecule has 0 spiro atoms. The van der Waals surface area contributed by atoms with Gasteiger partial charge in [0.1, 0.15) is 6.04 Å². The summed E-state index contributed by atoms with van der Waals surface area (Å²) in [6.07, 6.45) is 4.24. The van der Waals surface area contributed by atoms with Crippen molar-refractivity contribution >= 4 is 11.8 Å². The summed E-state index contributed by atoms with van der Waals surface area (Å²) in [7, 11) is 0. The largest absolute Gasteiger partial charge is 0.342 e. The molecule has 0 bridgehead atoms. The van der Waals surface area contributed by atoms with Gasteiger partial charge in [0.15, 0.2) is 0 Å². The van der Waals surface area contributed by atoms with Crippen LogP contribution in [0.5, 0.6) is 0 Å². The van der Waals surface area contributed by atoms with Crippen molar-refractivity contribution in [3.63, 3.8) is 0 Å². The topological polar surface area (TPSA) is 62.3 Å². The molecule has 2 rings (SSSR count). The van der Waals surface area contributed by atoms with E-state index in [1.807, 2.05) is 26.0 Å². The van der Waals surface area contributed by atoms with Crippen molar-refractivity contribution in [1.82, 2.24) is 15.2 Å². The highest BCUT2D eigenvalue weighted by molar-refractivity contribution is 5.94. The van der Waals surface area contributed by atoms with Crippen LogP contribution in [0.3, 0.4) is 0 Å². The minimum Gasteiger partial charge on any atom is -0.342 e. The lowest BCUT2D eigenvalue weighted by Gasteiger charge is -2.35. The van der Waals surface area contributed by atoms with E-state index in [-0.39, 0.29) is 24.3 Å². The first-order valence-corrected chi connectivity index (χ1v) is 6.59. The Labute approximate surface area is 113 Å². The van der Waals surface area contributed by atoms with Crippen molar-refractivity contribution in [2.75, 3.05) is 6.54 Å². The molecule has 1 saturated heterocycles. The quantitative estimate of drug-likeness (QED) is 0.878. The Balaban J connectivity index is 2.11. The number of piperazine rings is 1. The molecule has 2 amide bonds. The van der Waals surface area contributed by atoms with E-state index in [9.17, 15) is 9.59 Å². The number of nitrogens with one attached hydrogen (secondary N) is 1. The molecule has 5 heteroatoms. The predicted molar refractivity (Wildman–Crippen MR) is 71.0 cm³/mol. The molecule has 1 aliphatic heterocycles. The third-order valence-electron chi connectivity index (χ3n) is 3.56. The molecule has 2 unspecified atom stereocenters. The molecule has 1 fully saturated rings. The molecular formula is C14H19N3O2. The van der Waals surface area contributed by atoms with Crippen molar-refractivity contribution in [3.05, 3.63) is 30.1 Å². The predicted octanol–water partition coefficient (Wildman–Crippen LogP) is 0.955. The summed E-state index contributed by atoms with van der Waals surface area (Å²) in [6.45, 7) is 4.60. The molecule has 0 aromatic carbocycles. The molecule has 0 radical (unpaired) electrons. The van der Waals surface area contributed by atoms with Gasteiger partial charge in [-0.15, -0.1) is 0 Å². The Morgan fingerprint density at radius 3 is 2.74 bits per heavy atom. The molecule has 19 heavy (non-hydrogen) atoms. The van der Waals surface area contributed by atoms with E-state index in [1.54, 1.807) is 17.3 Å². The van der Waals surface area contributed by atoms with Gasteiger partial charge in [0.25, 0.3) is 0 Å². The number of carbonyl (C=O) groups excluding carboxylic acids is 2. The summed E-state index contributed by atoms with van der Waals surface area (Å²) < 4.78 is 0. The number of nitrogens with zero attached hydrogens (tertiary/aromatic N) is 2. The summed E-state index contributed by atoms with van der Waals surface area (Å²) in [6, 6.07) is 3.32. The second-order valence-electron chi connectivity index (χ2n) is 4.98. The first kappa shape index (κ1) is 13.5. The molecule has 1 aromatic heterocycles. The van der Waals surface area contributed by atoms with Gasteiger partial charge in [0.2, 0.25) is 11.8 Å². The summed E-state index contributed by atoms with van der Waals surface area (Å²) in [5.74, 6) is 0.0707. The van der Waals surface area contributed by atoms with Gasteiger partial charge in [0, 0.05) is 18.9 Å². The van der Waals surface area contributed by atoms with Gasteiger partial charge >= 0.3 is 0 Å². The van der Waals surface area contributed by atoms with E-state index >= 15 is 0 Å². The molecule has 5 nitrogen and oxygen atoms in total. The van der Waals surface area contributed by atoms with Crippen LogP contribution in [0.4, 0.5) is 0 Å². The number of carbonyl (C=O) groups is 2. The highest BCUT2D eigenvalue weighted by atomic mass is 16.2. The maximum absolute atomic E-state index is 12.4. The highest BCUT2D eigenvalue weighted by Gasteiger charge is 2.35. The normalized spacial score (nSPS) is 21.2. The molecule has 1 N–H and O–H groups in total. The van der Waals surface area contributed by atoms with Crippen molar-refractivity contribution in [1.29, 1.82) is 0 Å². The first-order chi connectivity index (χ1) is 9.11. The standard InChI is InChI=1S/C14H19N3O2/c1-3-10(2)13-14(19)17(9-12(18)16-13)8-11-4-6-15-7-5-11/h4-7,10,13H,3,8-9H2,1-2H3,(H,16,18). The Hall–Kier alpha value is -1.91. The van der Waals surface area contributed by atoms with Gasteiger partial charge in [-0.05, 0) is 23.6 Å². The molecule has 2 heterocycles. The van der Waals surface area contributed by atoms with Crippen molar-refractivity contribution in [2.45, 2.75) is 32.9 Å². The van der Waals surface area contributed by atoms with Gasteiger partial charge in [-0.1, -0.05) is 20.3 Å². The van der Waals surface area contributed by atoms with E-state index < -0.39 is 6.04 Å². The fraction of sp³-hybridized carbons (Fsp3) is 0.500. The average Bonchev–Trinajstić information content (AvgIpc) is 2.42. The van der Waals surface area contributed by atoms with Crippen LogP contribution in [0, 0.1) is 5.92 Å². The molecule has 0 aliphatic carbocycles. The second kappa shape index (κ2) is 5.82. The lowest BCUT2D eigenvalue weighted by molar-refractivity contribution is -0.146. The van der Waals surface area contributed by atoms with Crippen LogP contribution in [0.1, 0.15) is 25.8 Å². The van der Waals surface area contributed by atoms with E-state index in [1.165, 1.54) is 0 Å². The smallest absolute Gasteiger partial charge is 0.246 e. The summed E-state index contributed by atoms with van der Waals surface area (Å²) >= 11 is 0. The Bertz CT molecular complexity index is 461. The number of rotatable bonds is 4. The van der Waals surface area contributed by atoms with Crippen molar-refractivity contribution in [3.8, 4) is 0 Å². The van der Waals surface area contributed by atoms with Crippen LogP contribution < -0.4 is 5.32 Å². The lowest BCUT2D eigenvalue weighted by atomic mass is 9.96. The van der Waals surface area contributed by atoms with E-state index in [2.05, 4.69) is 10.3 Å². The maximum Gasteiger partial charge on any atom is 0.246 e. The minimum atomic E-state index is -0.395.